The van der Waals surface area contributed by atoms with E-state index in [0.29, 0.717) is 13.1 Å². The summed E-state index contributed by atoms with van der Waals surface area (Å²) in [7, 11) is -3.35. The average Bonchev–Trinajstić information content (AvgIpc) is 2.83. The minimum atomic E-state index is -3.35. The van der Waals surface area contributed by atoms with Crippen molar-refractivity contribution in [1.82, 2.24) is 4.31 Å². The Kier molecular flexibility index (Phi) is 17.3. The highest BCUT2D eigenvalue weighted by Crippen LogP contribution is 2.21. The van der Waals surface area contributed by atoms with E-state index < -0.39 is 10.0 Å². The normalized spacial score (nSPS) is 11.5. The molecular formula is C30H49IN2O3S. The SMILES string of the molecule is CCCCCCCCCCCCOc1ccc(CN(Cc2ccc[n+](CCC)c2)S(C)(=O)=O)c(C)c1.[I-]. The third kappa shape index (κ3) is 14.0. The van der Waals surface area contributed by atoms with E-state index in [1.54, 1.807) is 4.31 Å². The van der Waals surface area contributed by atoms with Crippen LogP contribution in [0.5, 0.6) is 5.75 Å². The van der Waals surface area contributed by atoms with Gasteiger partial charge < -0.3 is 28.7 Å². The largest absolute Gasteiger partial charge is 1.00 e. The molecule has 0 aliphatic heterocycles. The van der Waals surface area contributed by atoms with Gasteiger partial charge in [-0.2, -0.15) is 4.31 Å². The quantitative estimate of drug-likeness (QED) is 0.132. The molecule has 0 saturated heterocycles. The molecule has 2 rings (SSSR count). The van der Waals surface area contributed by atoms with E-state index in [0.717, 1.165) is 48.4 Å². The van der Waals surface area contributed by atoms with Crippen LogP contribution in [-0.4, -0.2) is 25.6 Å². The van der Waals surface area contributed by atoms with E-state index in [1.807, 2.05) is 49.6 Å². The van der Waals surface area contributed by atoms with Crippen molar-refractivity contribution in [3.8, 4) is 5.75 Å². The number of halogens is 1. The van der Waals surface area contributed by atoms with Crippen LogP contribution in [0.2, 0.25) is 0 Å². The van der Waals surface area contributed by atoms with Gasteiger partial charge in [-0.1, -0.05) is 77.7 Å². The minimum absolute atomic E-state index is 0. The number of hydrogen-bond acceptors (Lipinski definition) is 3. The van der Waals surface area contributed by atoms with Crippen LogP contribution in [0.1, 0.15) is 101 Å². The van der Waals surface area contributed by atoms with Crippen molar-refractivity contribution in [1.29, 1.82) is 0 Å². The molecule has 0 N–H and O–H groups in total. The summed E-state index contributed by atoms with van der Waals surface area (Å²) in [6, 6.07) is 9.98. The predicted octanol–water partition coefficient (Wildman–Crippen LogP) is 3.96. The van der Waals surface area contributed by atoms with Crippen LogP contribution < -0.4 is 33.3 Å². The van der Waals surface area contributed by atoms with E-state index in [4.69, 9.17) is 4.74 Å². The second-order valence-corrected chi connectivity index (χ2v) is 12.1. The van der Waals surface area contributed by atoms with Crippen molar-refractivity contribution in [3.63, 3.8) is 0 Å². The van der Waals surface area contributed by atoms with Gasteiger partial charge in [0.05, 0.1) is 12.9 Å². The van der Waals surface area contributed by atoms with Crippen molar-refractivity contribution in [2.24, 2.45) is 0 Å². The van der Waals surface area contributed by atoms with Crippen LogP contribution in [0.4, 0.5) is 0 Å². The molecular weight excluding hydrogens is 595 g/mol. The van der Waals surface area contributed by atoms with Crippen LogP contribution in [0, 0.1) is 6.92 Å². The molecule has 0 fully saturated rings. The summed E-state index contributed by atoms with van der Waals surface area (Å²) in [5.41, 5.74) is 3.05. The highest BCUT2D eigenvalue weighted by molar-refractivity contribution is 7.88. The number of aromatic nitrogens is 1. The summed E-state index contributed by atoms with van der Waals surface area (Å²) in [6.07, 6.45) is 19.5. The lowest BCUT2D eigenvalue weighted by Gasteiger charge is -2.21. The van der Waals surface area contributed by atoms with E-state index in [9.17, 15) is 8.42 Å². The standard InChI is InChI=1S/C30H49N2O3S.HI/c1-5-7-8-9-10-11-12-13-14-15-22-35-30-19-18-29(27(3)23-30)26-32(36(4,33)34)25-28-17-16-21-31(24-28)20-6-2;/h16-19,21,23-24H,5-15,20,22,25-26H2,1-4H3;1H/q+1;/p-1. The van der Waals surface area contributed by atoms with Crippen molar-refractivity contribution in [2.75, 3.05) is 12.9 Å². The molecule has 0 unspecified atom stereocenters. The lowest BCUT2D eigenvalue weighted by atomic mass is 10.1. The first-order valence-corrected chi connectivity index (χ1v) is 15.8. The number of sulfonamides is 1. The van der Waals surface area contributed by atoms with Gasteiger partial charge in [-0.05, 0) is 42.7 Å². The number of ether oxygens (including phenoxy) is 1. The third-order valence-electron chi connectivity index (χ3n) is 6.66. The Balaban J connectivity index is 0.00000684. The molecule has 1 heterocycles. The number of pyridine rings is 1. The molecule has 0 spiro atoms. The minimum Gasteiger partial charge on any atom is -1.00 e. The Hall–Kier alpha value is -1.19. The number of benzene rings is 1. The average molecular weight is 645 g/mol. The van der Waals surface area contributed by atoms with Gasteiger partial charge in [0.2, 0.25) is 10.0 Å². The van der Waals surface area contributed by atoms with Gasteiger partial charge in [-0.3, -0.25) is 0 Å². The zero-order valence-corrected chi connectivity index (χ0v) is 26.5. The Bertz CT molecular complexity index is 998. The fraction of sp³-hybridized carbons (Fsp3) is 0.633. The summed E-state index contributed by atoms with van der Waals surface area (Å²) in [6.45, 7) is 8.80. The van der Waals surface area contributed by atoms with Gasteiger partial charge in [-0.25, -0.2) is 13.0 Å². The van der Waals surface area contributed by atoms with Crippen LogP contribution in [0.3, 0.4) is 0 Å². The molecule has 1 aromatic heterocycles. The molecule has 7 heteroatoms. The van der Waals surface area contributed by atoms with Crippen LogP contribution in [0.15, 0.2) is 42.7 Å². The van der Waals surface area contributed by atoms with Gasteiger partial charge in [0, 0.05) is 31.1 Å². The zero-order valence-electron chi connectivity index (χ0n) is 23.6. The highest BCUT2D eigenvalue weighted by Gasteiger charge is 2.20. The number of nitrogens with zero attached hydrogens (tertiary/aromatic N) is 2. The molecule has 0 radical (unpaired) electrons. The van der Waals surface area contributed by atoms with Gasteiger partial charge >= 0.3 is 0 Å². The molecule has 0 amide bonds. The first kappa shape index (κ1) is 33.8. The Morgan fingerprint density at radius 2 is 1.51 bits per heavy atom. The van der Waals surface area contributed by atoms with E-state index >= 15 is 0 Å². The number of unbranched alkanes of at least 4 members (excludes halogenated alkanes) is 9. The van der Waals surface area contributed by atoms with E-state index in [-0.39, 0.29) is 24.0 Å². The topological polar surface area (TPSA) is 50.5 Å². The van der Waals surface area contributed by atoms with Crippen molar-refractivity contribution >= 4 is 10.0 Å². The second kappa shape index (κ2) is 19.0. The Labute approximate surface area is 244 Å². The molecule has 0 aliphatic carbocycles. The van der Waals surface area contributed by atoms with E-state index in [1.165, 1.54) is 64.0 Å². The third-order valence-corrected chi connectivity index (χ3v) is 7.85. The fourth-order valence-corrected chi connectivity index (χ4v) is 5.22. The maximum atomic E-state index is 12.6. The smallest absolute Gasteiger partial charge is 0.211 e. The van der Waals surface area contributed by atoms with Crippen LogP contribution >= 0.6 is 0 Å². The fourth-order valence-electron chi connectivity index (χ4n) is 4.47. The number of aryl methyl sites for hydroxylation is 2. The number of hydrogen-bond donors (Lipinski definition) is 0. The first-order chi connectivity index (χ1) is 17.3. The molecule has 5 nitrogen and oxygen atoms in total. The van der Waals surface area contributed by atoms with Crippen molar-refractivity contribution in [3.05, 3.63) is 59.4 Å². The van der Waals surface area contributed by atoms with Crippen molar-refractivity contribution < 1.29 is 41.7 Å². The predicted molar refractivity (Wildman–Crippen MR) is 150 cm³/mol. The summed E-state index contributed by atoms with van der Waals surface area (Å²) >= 11 is 0. The maximum Gasteiger partial charge on any atom is 0.211 e. The van der Waals surface area contributed by atoms with Gasteiger partial charge in [0.15, 0.2) is 12.4 Å². The molecule has 210 valence electrons. The summed E-state index contributed by atoms with van der Waals surface area (Å²) in [4.78, 5) is 0. The lowest BCUT2D eigenvalue weighted by Crippen LogP contribution is -3.00. The van der Waals surface area contributed by atoms with Crippen LogP contribution in [-0.2, 0) is 29.7 Å². The van der Waals surface area contributed by atoms with Gasteiger partial charge in [-0.15, -0.1) is 0 Å². The molecule has 0 aliphatic rings. The van der Waals surface area contributed by atoms with E-state index in [2.05, 4.69) is 18.4 Å². The monoisotopic (exact) mass is 644 g/mol. The molecule has 1 aromatic carbocycles. The molecule has 0 atom stereocenters. The maximum absolute atomic E-state index is 12.6. The molecule has 2 aromatic rings. The Morgan fingerprint density at radius 1 is 0.865 bits per heavy atom. The number of rotatable bonds is 19. The Morgan fingerprint density at radius 3 is 2.11 bits per heavy atom. The highest BCUT2D eigenvalue weighted by atomic mass is 127. The lowest BCUT2D eigenvalue weighted by molar-refractivity contribution is -0.697. The first-order valence-electron chi connectivity index (χ1n) is 14.0. The van der Waals surface area contributed by atoms with Gasteiger partial charge in [0.1, 0.15) is 12.3 Å². The molecule has 37 heavy (non-hydrogen) atoms. The van der Waals surface area contributed by atoms with Crippen molar-refractivity contribution in [2.45, 2.75) is 111 Å². The molecule has 0 saturated carbocycles. The zero-order chi connectivity index (χ0) is 26.2. The molecule has 0 bridgehead atoms. The summed E-state index contributed by atoms with van der Waals surface area (Å²) in [5, 5.41) is 0. The summed E-state index contributed by atoms with van der Waals surface area (Å²) < 4.78 is 34.7. The second-order valence-electron chi connectivity index (χ2n) is 10.1. The van der Waals surface area contributed by atoms with Gasteiger partial charge in [0.25, 0.3) is 0 Å². The summed E-state index contributed by atoms with van der Waals surface area (Å²) in [5.74, 6) is 0.863. The van der Waals surface area contributed by atoms with Crippen LogP contribution in [0.25, 0.3) is 0 Å².